The third-order valence-corrected chi connectivity index (χ3v) is 4.70. The summed E-state index contributed by atoms with van der Waals surface area (Å²) in [6.07, 6.45) is -1.27. The normalized spacial score (nSPS) is 16.8. The predicted octanol–water partition coefficient (Wildman–Crippen LogP) is 1.94. The number of nitrogens with one attached hydrogen (secondary N) is 1. The number of halogens is 1. The fourth-order valence-electron chi connectivity index (χ4n) is 3.40. The van der Waals surface area contributed by atoms with E-state index in [1.807, 2.05) is 24.3 Å². The van der Waals surface area contributed by atoms with Crippen LogP contribution < -0.4 is 11.1 Å². The van der Waals surface area contributed by atoms with Gasteiger partial charge in [-0.25, -0.2) is 14.0 Å². The van der Waals surface area contributed by atoms with Gasteiger partial charge in [0.25, 0.3) is 0 Å². The summed E-state index contributed by atoms with van der Waals surface area (Å²) in [6, 6.07) is 13.1. The molecule has 28 heavy (non-hydrogen) atoms. The van der Waals surface area contributed by atoms with Gasteiger partial charge < -0.3 is 25.8 Å². The molecule has 148 valence electrons. The predicted molar refractivity (Wildman–Crippen MR) is 100 cm³/mol. The number of amides is 3. The molecule has 0 unspecified atom stereocenters. The third-order valence-electron chi connectivity index (χ3n) is 4.70. The minimum absolute atomic E-state index is 0.0768. The molecule has 0 aromatic heterocycles. The van der Waals surface area contributed by atoms with Crippen molar-refractivity contribution in [1.82, 2.24) is 10.2 Å². The second-order valence-electron chi connectivity index (χ2n) is 6.52. The molecule has 2 aromatic carbocycles. The summed E-state index contributed by atoms with van der Waals surface area (Å²) in [4.78, 5) is 25.4. The number of nitrogens with zero attached hydrogens (tertiary/aromatic N) is 1. The van der Waals surface area contributed by atoms with E-state index in [0.717, 1.165) is 16.7 Å². The Kier molecular flexibility index (Phi) is 6.10. The standard InChI is InChI=1S/C20H22FN3O4/c21-15-7-5-14(6-8-15)18-17-4-2-1-3-13(17)9-10-24(18)20(27)23-11-16(12-25)28-19(22)26/h1-8,16,18,25H,9-12H2,(H2,22,26)(H,23,27)/t16-,18+/m1/s1. The Morgan fingerprint density at radius 1 is 1.25 bits per heavy atom. The van der Waals surface area contributed by atoms with Crippen molar-refractivity contribution < 1.29 is 23.8 Å². The fraction of sp³-hybridized carbons (Fsp3) is 0.300. The lowest BCUT2D eigenvalue weighted by atomic mass is 9.88. The van der Waals surface area contributed by atoms with E-state index in [1.165, 1.54) is 12.1 Å². The molecule has 8 heteroatoms. The SMILES string of the molecule is NC(=O)O[C@@H](CO)CNC(=O)N1CCc2ccccc2[C@@H]1c1ccc(F)cc1. The van der Waals surface area contributed by atoms with Gasteiger partial charge in [0.15, 0.2) is 0 Å². The molecule has 0 saturated heterocycles. The Morgan fingerprint density at radius 3 is 2.64 bits per heavy atom. The minimum atomic E-state index is -1.02. The van der Waals surface area contributed by atoms with Crippen LogP contribution in [0.3, 0.4) is 0 Å². The van der Waals surface area contributed by atoms with Gasteiger partial charge in [0.1, 0.15) is 11.9 Å². The van der Waals surface area contributed by atoms with Crippen LogP contribution in [-0.2, 0) is 11.2 Å². The summed E-state index contributed by atoms with van der Waals surface area (Å²) in [7, 11) is 0. The number of aliphatic hydroxyl groups excluding tert-OH is 1. The molecule has 0 aliphatic carbocycles. The molecule has 0 radical (unpaired) electrons. The lowest BCUT2D eigenvalue weighted by Gasteiger charge is -2.38. The van der Waals surface area contributed by atoms with Crippen molar-refractivity contribution in [3.05, 3.63) is 71.0 Å². The average Bonchev–Trinajstić information content (AvgIpc) is 2.70. The molecule has 2 aromatic rings. The van der Waals surface area contributed by atoms with E-state index < -0.39 is 18.8 Å². The van der Waals surface area contributed by atoms with Crippen molar-refractivity contribution in [2.24, 2.45) is 5.73 Å². The van der Waals surface area contributed by atoms with Crippen molar-refractivity contribution in [1.29, 1.82) is 0 Å². The van der Waals surface area contributed by atoms with Gasteiger partial charge >= 0.3 is 12.1 Å². The fourth-order valence-corrected chi connectivity index (χ4v) is 3.40. The van der Waals surface area contributed by atoms with Gasteiger partial charge in [-0.15, -0.1) is 0 Å². The lowest BCUT2D eigenvalue weighted by molar-refractivity contribution is 0.0632. The van der Waals surface area contributed by atoms with Crippen LogP contribution in [0.2, 0.25) is 0 Å². The Hall–Kier alpha value is -3.13. The quantitative estimate of drug-likeness (QED) is 0.729. The zero-order valence-electron chi connectivity index (χ0n) is 15.2. The largest absolute Gasteiger partial charge is 0.442 e. The van der Waals surface area contributed by atoms with Crippen molar-refractivity contribution in [3.8, 4) is 0 Å². The van der Waals surface area contributed by atoms with Crippen LogP contribution in [0.4, 0.5) is 14.0 Å². The summed E-state index contributed by atoms with van der Waals surface area (Å²) in [5, 5.41) is 11.9. The highest BCUT2D eigenvalue weighted by atomic mass is 19.1. The van der Waals surface area contributed by atoms with Crippen LogP contribution in [0.5, 0.6) is 0 Å². The number of hydrogen-bond donors (Lipinski definition) is 3. The maximum atomic E-state index is 13.4. The Balaban J connectivity index is 1.83. The number of carbonyl (C=O) groups excluding carboxylic acids is 2. The Labute approximate surface area is 161 Å². The molecule has 0 fully saturated rings. The van der Waals surface area contributed by atoms with Crippen molar-refractivity contribution in [2.75, 3.05) is 19.7 Å². The van der Waals surface area contributed by atoms with Gasteiger partial charge in [0.05, 0.1) is 19.2 Å². The summed E-state index contributed by atoms with van der Waals surface area (Å²) in [6.45, 7) is -0.0780. The first-order valence-corrected chi connectivity index (χ1v) is 8.94. The molecule has 4 N–H and O–H groups in total. The van der Waals surface area contributed by atoms with E-state index in [9.17, 15) is 19.1 Å². The summed E-state index contributed by atoms with van der Waals surface area (Å²) < 4.78 is 18.1. The number of ether oxygens (including phenoxy) is 1. The number of primary amides is 1. The smallest absolute Gasteiger partial charge is 0.404 e. The zero-order chi connectivity index (χ0) is 20.1. The second kappa shape index (κ2) is 8.71. The van der Waals surface area contributed by atoms with Gasteiger partial charge in [-0.3, -0.25) is 0 Å². The second-order valence-corrected chi connectivity index (χ2v) is 6.52. The molecule has 1 aliphatic rings. The number of carbonyl (C=O) groups is 2. The highest BCUT2D eigenvalue weighted by Crippen LogP contribution is 2.35. The van der Waals surface area contributed by atoms with E-state index >= 15 is 0 Å². The van der Waals surface area contributed by atoms with E-state index in [-0.39, 0.29) is 24.4 Å². The first kappa shape index (κ1) is 19.6. The first-order valence-electron chi connectivity index (χ1n) is 8.94. The van der Waals surface area contributed by atoms with Crippen LogP contribution in [-0.4, -0.2) is 47.9 Å². The number of aliphatic hydroxyl groups is 1. The van der Waals surface area contributed by atoms with Gasteiger partial charge in [-0.2, -0.15) is 0 Å². The highest BCUT2D eigenvalue weighted by molar-refractivity contribution is 5.76. The van der Waals surface area contributed by atoms with Crippen molar-refractivity contribution in [2.45, 2.75) is 18.6 Å². The Morgan fingerprint density at radius 2 is 1.96 bits per heavy atom. The molecular weight excluding hydrogens is 365 g/mol. The van der Waals surface area contributed by atoms with Gasteiger partial charge in [-0.1, -0.05) is 36.4 Å². The van der Waals surface area contributed by atoms with E-state index in [1.54, 1.807) is 17.0 Å². The number of urea groups is 1. The Bertz CT molecular complexity index is 844. The molecule has 1 heterocycles. The van der Waals surface area contributed by atoms with Crippen LogP contribution in [0.15, 0.2) is 48.5 Å². The molecular formula is C20H22FN3O4. The van der Waals surface area contributed by atoms with Crippen LogP contribution in [0, 0.1) is 5.82 Å². The third kappa shape index (κ3) is 4.40. The molecule has 0 saturated carbocycles. The number of hydrogen-bond acceptors (Lipinski definition) is 4. The molecule has 1 aliphatic heterocycles. The maximum Gasteiger partial charge on any atom is 0.404 e. The van der Waals surface area contributed by atoms with Crippen LogP contribution in [0.1, 0.15) is 22.7 Å². The van der Waals surface area contributed by atoms with Gasteiger partial charge in [0, 0.05) is 6.54 Å². The molecule has 0 spiro atoms. The van der Waals surface area contributed by atoms with E-state index in [0.29, 0.717) is 13.0 Å². The van der Waals surface area contributed by atoms with E-state index in [2.05, 4.69) is 5.32 Å². The summed E-state index contributed by atoms with van der Waals surface area (Å²) in [5.74, 6) is -0.349. The number of fused-ring (bicyclic) bond motifs is 1. The van der Waals surface area contributed by atoms with Crippen molar-refractivity contribution >= 4 is 12.1 Å². The molecule has 7 nitrogen and oxygen atoms in total. The van der Waals surface area contributed by atoms with Gasteiger partial charge in [-0.05, 0) is 35.2 Å². The monoisotopic (exact) mass is 387 g/mol. The first-order chi connectivity index (χ1) is 13.5. The molecule has 3 amide bonds. The van der Waals surface area contributed by atoms with Gasteiger partial charge in [0.2, 0.25) is 0 Å². The van der Waals surface area contributed by atoms with Crippen molar-refractivity contribution in [3.63, 3.8) is 0 Å². The summed E-state index contributed by atoms with van der Waals surface area (Å²) >= 11 is 0. The van der Waals surface area contributed by atoms with Crippen LogP contribution in [0.25, 0.3) is 0 Å². The minimum Gasteiger partial charge on any atom is -0.442 e. The maximum absolute atomic E-state index is 13.4. The lowest BCUT2D eigenvalue weighted by Crippen LogP contribution is -2.48. The number of nitrogens with two attached hydrogens (primary N) is 1. The molecule has 0 bridgehead atoms. The summed E-state index contributed by atoms with van der Waals surface area (Å²) in [5.41, 5.74) is 7.85. The molecule has 3 rings (SSSR count). The average molecular weight is 387 g/mol. The highest BCUT2D eigenvalue weighted by Gasteiger charge is 2.32. The number of benzene rings is 2. The topological polar surface area (TPSA) is 105 Å². The zero-order valence-corrected chi connectivity index (χ0v) is 15.2. The number of rotatable bonds is 5. The van der Waals surface area contributed by atoms with E-state index in [4.69, 9.17) is 10.5 Å². The van der Waals surface area contributed by atoms with Crippen LogP contribution >= 0.6 is 0 Å². The molecule has 2 atom stereocenters.